The number of ether oxygens (including phenoxy) is 1. The largest absolute Gasteiger partial charge is 0.466 e. The highest BCUT2D eigenvalue weighted by Gasteiger charge is 2.26. The number of hydrogen-bond acceptors (Lipinski definition) is 5. The zero-order valence-electron chi connectivity index (χ0n) is 20.9. The van der Waals surface area contributed by atoms with E-state index < -0.39 is 0 Å². The third-order valence-corrected chi connectivity index (χ3v) is 6.95. The van der Waals surface area contributed by atoms with Crippen LogP contribution in [0.15, 0.2) is 66.9 Å². The first-order valence-electron chi connectivity index (χ1n) is 12.5. The van der Waals surface area contributed by atoms with Crippen molar-refractivity contribution in [3.05, 3.63) is 94.8 Å². The quantitative estimate of drug-likeness (QED) is 0.304. The minimum atomic E-state index is -0.0716. The second kappa shape index (κ2) is 11.3. The summed E-state index contributed by atoms with van der Waals surface area (Å²) < 4.78 is 5.20. The highest BCUT2D eigenvalue weighted by atomic mass is 16.5. The molecule has 0 bridgehead atoms. The Hall–Kier alpha value is -3.47. The van der Waals surface area contributed by atoms with Crippen LogP contribution in [0.3, 0.4) is 0 Å². The maximum absolute atomic E-state index is 13.2. The Kier molecular flexibility index (Phi) is 7.96. The fourth-order valence-corrected chi connectivity index (χ4v) is 4.96. The molecule has 3 aromatic rings. The molecule has 0 N–H and O–H groups in total. The van der Waals surface area contributed by atoms with Gasteiger partial charge in [-0.1, -0.05) is 36.4 Å². The molecular formula is C30H34N2O3. The topological polar surface area (TPSA) is 59.5 Å². The number of anilines is 1. The van der Waals surface area contributed by atoms with Gasteiger partial charge in [-0.25, -0.2) is 0 Å². The van der Waals surface area contributed by atoms with Crippen LogP contribution in [0.2, 0.25) is 0 Å². The summed E-state index contributed by atoms with van der Waals surface area (Å²) >= 11 is 0. The lowest BCUT2D eigenvalue weighted by Gasteiger charge is -2.33. The van der Waals surface area contributed by atoms with Crippen molar-refractivity contribution in [1.82, 2.24) is 4.98 Å². The van der Waals surface area contributed by atoms with E-state index in [4.69, 9.17) is 4.74 Å². The molecule has 1 aromatic heterocycles. The van der Waals surface area contributed by atoms with Crippen LogP contribution in [-0.2, 0) is 9.53 Å². The molecule has 35 heavy (non-hydrogen) atoms. The lowest BCUT2D eigenvalue weighted by molar-refractivity contribution is -0.148. The molecule has 1 saturated heterocycles. The molecule has 5 nitrogen and oxygen atoms in total. The van der Waals surface area contributed by atoms with E-state index in [9.17, 15) is 9.59 Å². The molecule has 0 unspecified atom stereocenters. The van der Waals surface area contributed by atoms with Crippen molar-refractivity contribution in [3.8, 4) is 0 Å². The monoisotopic (exact) mass is 470 g/mol. The number of pyridine rings is 1. The fourth-order valence-electron chi connectivity index (χ4n) is 4.96. The van der Waals surface area contributed by atoms with Gasteiger partial charge in [0.15, 0.2) is 5.78 Å². The predicted octanol–water partition coefficient (Wildman–Crippen LogP) is 5.88. The van der Waals surface area contributed by atoms with E-state index in [1.165, 1.54) is 11.1 Å². The number of carbonyl (C=O) groups is 2. The smallest absolute Gasteiger partial charge is 0.309 e. The van der Waals surface area contributed by atoms with Gasteiger partial charge >= 0.3 is 5.97 Å². The van der Waals surface area contributed by atoms with Crippen molar-refractivity contribution >= 4 is 17.4 Å². The molecule has 0 radical (unpaired) electrons. The van der Waals surface area contributed by atoms with Crippen LogP contribution in [0.4, 0.5) is 5.69 Å². The molecule has 182 valence electrons. The number of carbonyl (C=O) groups excluding carboxylic acids is 2. The molecule has 0 aliphatic carbocycles. The van der Waals surface area contributed by atoms with Gasteiger partial charge in [-0.2, -0.15) is 0 Å². The van der Waals surface area contributed by atoms with Crippen molar-refractivity contribution in [2.24, 2.45) is 5.92 Å². The Morgan fingerprint density at radius 3 is 2.40 bits per heavy atom. The molecule has 4 rings (SSSR count). The Morgan fingerprint density at radius 2 is 1.74 bits per heavy atom. The number of rotatable bonds is 8. The van der Waals surface area contributed by atoms with Gasteiger partial charge in [0.2, 0.25) is 0 Å². The zero-order chi connectivity index (χ0) is 24.8. The van der Waals surface area contributed by atoms with E-state index in [2.05, 4.69) is 53.2 Å². The third-order valence-electron chi connectivity index (χ3n) is 6.95. The van der Waals surface area contributed by atoms with Gasteiger partial charge in [0, 0.05) is 48.6 Å². The average molecular weight is 471 g/mol. The van der Waals surface area contributed by atoms with Crippen molar-refractivity contribution in [1.29, 1.82) is 0 Å². The number of ketones is 1. The molecule has 1 aliphatic heterocycles. The highest BCUT2D eigenvalue weighted by Crippen LogP contribution is 2.33. The summed E-state index contributed by atoms with van der Waals surface area (Å²) in [5.41, 5.74) is 6.19. The van der Waals surface area contributed by atoms with Gasteiger partial charge in [-0.3, -0.25) is 14.6 Å². The van der Waals surface area contributed by atoms with E-state index in [1.54, 1.807) is 12.3 Å². The molecule has 5 heteroatoms. The maximum atomic E-state index is 13.2. The van der Waals surface area contributed by atoms with Crippen molar-refractivity contribution < 1.29 is 14.3 Å². The van der Waals surface area contributed by atoms with Gasteiger partial charge < -0.3 is 9.64 Å². The summed E-state index contributed by atoms with van der Waals surface area (Å²) in [5, 5.41) is 0. The standard InChI is InChI=1S/C30H34N2O3/c1-4-35-30(34)24-14-17-32(18-15-24)26-11-9-23(10-12-26)28(27-8-6-5-7-21(27)2)20-29(33)25-13-16-31-22(3)19-25/h5-13,16,19,24,28H,4,14-15,17-18,20H2,1-3H3/t28-/m0/s1. The van der Waals surface area contributed by atoms with E-state index in [0.29, 0.717) is 18.6 Å². The van der Waals surface area contributed by atoms with E-state index in [-0.39, 0.29) is 23.6 Å². The second-order valence-electron chi connectivity index (χ2n) is 9.33. The summed E-state index contributed by atoms with van der Waals surface area (Å²) in [6.07, 6.45) is 3.72. The normalized spacial score (nSPS) is 15.0. The van der Waals surface area contributed by atoms with Crippen LogP contribution in [0, 0.1) is 19.8 Å². The predicted molar refractivity (Wildman–Crippen MR) is 139 cm³/mol. The summed E-state index contributed by atoms with van der Waals surface area (Å²) in [5.74, 6) is 0.0195. The van der Waals surface area contributed by atoms with E-state index in [1.807, 2.05) is 32.0 Å². The zero-order valence-corrected chi connectivity index (χ0v) is 20.9. The lowest BCUT2D eigenvalue weighted by atomic mass is 9.83. The Labute approximate surface area is 208 Å². The number of aryl methyl sites for hydroxylation is 2. The van der Waals surface area contributed by atoms with E-state index in [0.717, 1.165) is 42.9 Å². The number of benzene rings is 2. The van der Waals surface area contributed by atoms with Gasteiger partial charge in [-0.05, 0) is 74.6 Å². The maximum Gasteiger partial charge on any atom is 0.309 e. The highest BCUT2D eigenvalue weighted by molar-refractivity contribution is 5.96. The van der Waals surface area contributed by atoms with Crippen LogP contribution in [0.25, 0.3) is 0 Å². The van der Waals surface area contributed by atoms with Crippen molar-refractivity contribution in [2.75, 3.05) is 24.6 Å². The molecule has 0 saturated carbocycles. The number of piperidine rings is 1. The average Bonchev–Trinajstić information content (AvgIpc) is 2.88. The number of hydrogen-bond donors (Lipinski definition) is 0. The molecule has 0 spiro atoms. The van der Waals surface area contributed by atoms with Crippen LogP contribution >= 0.6 is 0 Å². The van der Waals surface area contributed by atoms with Gasteiger partial charge in [0.1, 0.15) is 0 Å². The van der Waals surface area contributed by atoms with Crippen LogP contribution in [0.1, 0.15) is 64.8 Å². The Balaban J connectivity index is 1.53. The second-order valence-corrected chi connectivity index (χ2v) is 9.33. The van der Waals surface area contributed by atoms with Crippen molar-refractivity contribution in [3.63, 3.8) is 0 Å². The number of Topliss-reactive ketones (excluding diaryl/α,β-unsaturated/α-hetero) is 1. The Bertz CT molecular complexity index is 1160. The minimum Gasteiger partial charge on any atom is -0.466 e. The van der Waals surface area contributed by atoms with Crippen molar-refractivity contribution in [2.45, 2.75) is 46.0 Å². The summed E-state index contributed by atoms with van der Waals surface area (Å²) in [7, 11) is 0. The molecule has 0 amide bonds. The summed E-state index contributed by atoms with van der Waals surface area (Å²) in [4.78, 5) is 31.9. The molecule has 1 fully saturated rings. The van der Waals surface area contributed by atoms with Gasteiger partial charge in [0.05, 0.1) is 12.5 Å². The first-order valence-corrected chi connectivity index (χ1v) is 12.5. The molecule has 1 atom stereocenters. The van der Waals surface area contributed by atoms with E-state index >= 15 is 0 Å². The first kappa shape index (κ1) is 24.6. The molecule has 2 aromatic carbocycles. The van der Waals surface area contributed by atoms with Gasteiger partial charge in [-0.15, -0.1) is 0 Å². The fraction of sp³-hybridized carbons (Fsp3) is 0.367. The summed E-state index contributed by atoms with van der Waals surface area (Å²) in [6, 6.07) is 20.5. The first-order chi connectivity index (χ1) is 17.0. The number of aromatic nitrogens is 1. The molecule has 1 aliphatic rings. The van der Waals surface area contributed by atoms with Crippen LogP contribution in [0.5, 0.6) is 0 Å². The minimum absolute atomic E-state index is 0.00116. The summed E-state index contributed by atoms with van der Waals surface area (Å²) in [6.45, 7) is 7.97. The SMILES string of the molecule is CCOC(=O)C1CCN(c2ccc([C@H](CC(=O)c3ccnc(C)c3)c3ccccc3C)cc2)CC1. The molecular weight excluding hydrogens is 436 g/mol. The molecule has 2 heterocycles. The van der Waals surface area contributed by atoms with Gasteiger partial charge in [0.25, 0.3) is 0 Å². The van der Waals surface area contributed by atoms with Crippen LogP contribution in [-0.4, -0.2) is 36.4 Å². The Morgan fingerprint density at radius 1 is 1.03 bits per heavy atom. The third kappa shape index (κ3) is 5.97. The lowest BCUT2D eigenvalue weighted by Crippen LogP contribution is -2.36. The number of nitrogens with zero attached hydrogens (tertiary/aromatic N) is 2. The van der Waals surface area contributed by atoms with Crippen LogP contribution < -0.4 is 4.90 Å². The number of esters is 1.